The molecule has 2 aliphatic rings. The van der Waals surface area contributed by atoms with Crippen LogP contribution in [0.25, 0.3) is 0 Å². The van der Waals surface area contributed by atoms with E-state index in [2.05, 4.69) is 0 Å². The van der Waals surface area contributed by atoms with Gasteiger partial charge in [0.05, 0.1) is 12.8 Å². The summed E-state index contributed by atoms with van der Waals surface area (Å²) in [6.07, 6.45) is 3.01. The first-order valence-corrected chi connectivity index (χ1v) is 9.43. The number of nitrogens with zero attached hydrogens (tertiary/aromatic N) is 3. The van der Waals surface area contributed by atoms with Crippen LogP contribution in [0.1, 0.15) is 37.3 Å². The van der Waals surface area contributed by atoms with E-state index in [1.165, 1.54) is 0 Å². The van der Waals surface area contributed by atoms with Gasteiger partial charge in [-0.05, 0) is 30.0 Å². The summed E-state index contributed by atoms with van der Waals surface area (Å²) < 4.78 is 0. The molecule has 3 amide bonds. The van der Waals surface area contributed by atoms with E-state index in [0.29, 0.717) is 38.9 Å². The smallest absolute Gasteiger partial charge is 0.231 e. The lowest BCUT2D eigenvalue weighted by Gasteiger charge is -2.22. The molecule has 1 aromatic carbocycles. The Morgan fingerprint density at radius 3 is 2.42 bits per heavy atom. The van der Waals surface area contributed by atoms with Crippen LogP contribution in [-0.2, 0) is 27.2 Å². The minimum absolute atomic E-state index is 0.0902. The maximum atomic E-state index is 12.7. The second-order valence-electron chi connectivity index (χ2n) is 7.13. The van der Waals surface area contributed by atoms with Crippen molar-refractivity contribution in [3.05, 3.63) is 29.3 Å². The number of hydrogen-bond donors (Lipinski definition) is 0. The van der Waals surface area contributed by atoms with Crippen molar-refractivity contribution in [2.45, 2.75) is 39.0 Å². The molecule has 140 valence electrons. The monoisotopic (exact) mass is 357 g/mol. The lowest BCUT2D eigenvalue weighted by molar-refractivity contribution is -0.133. The van der Waals surface area contributed by atoms with E-state index in [4.69, 9.17) is 0 Å². The van der Waals surface area contributed by atoms with Crippen molar-refractivity contribution in [1.29, 1.82) is 0 Å². The zero-order valence-corrected chi connectivity index (χ0v) is 15.7. The third-order valence-corrected chi connectivity index (χ3v) is 5.24. The topological polar surface area (TPSA) is 60.9 Å². The molecule has 1 saturated heterocycles. The van der Waals surface area contributed by atoms with Gasteiger partial charge in [0, 0.05) is 45.3 Å². The largest absolute Gasteiger partial charge is 0.341 e. The molecule has 2 aliphatic heterocycles. The number of carbonyl (C=O) groups excluding carboxylic acids is 3. The summed E-state index contributed by atoms with van der Waals surface area (Å²) in [6.45, 7) is 4.65. The number of anilines is 1. The lowest BCUT2D eigenvalue weighted by Crippen LogP contribution is -2.37. The lowest BCUT2D eigenvalue weighted by atomic mass is 10.1. The van der Waals surface area contributed by atoms with Gasteiger partial charge in [-0.1, -0.05) is 19.1 Å². The van der Waals surface area contributed by atoms with Gasteiger partial charge in [-0.3, -0.25) is 14.4 Å². The highest BCUT2D eigenvalue weighted by atomic mass is 16.2. The molecule has 0 atom stereocenters. The molecule has 0 N–H and O–H groups in total. The Morgan fingerprint density at radius 1 is 1.04 bits per heavy atom. The molecular weight excluding hydrogens is 330 g/mol. The van der Waals surface area contributed by atoms with Crippen molar-refractivity contribution in [2.75, 3.05) is 38.1 Å². The standard InChI is InChI=1S/C20H27N3O3/c1-3-5-18(24)22-8-4-9-23(11-10-22)20(26)13-15-6-7-17-16(12-15)14-19(25)21(17)2/h6-7,12H,3-5,8-11,13-14H2,1-2H3. The number of rotatable bonds is 4. The van der Waals surface area contributed by atoms with E-state index in [-0.39, 0.29) is 17.7 Å². The highest BCUT2D eigenvalue weighted by Gasteiger charge is 2.25. The van der Waals surface area contributed by atoms with E-state index < -0.39 is 0 Å². The van der Waals surface area contributed by atoms with Crippen LogP contribution in [-0.4, -0.2) is 60.7 Å². The summed E-state index contributed by atoms with van der Waals surface area (Å²) in [5.41, 5.74) is 2.88. The Hall–Kier alpha value is -2.37. The Morgan fingerprint density at radius 2 is 1.73 bits per heavy atom. The Kier molecular flexibility index (Phi) is 5.59. The molecule has 0 unspecified atom stereocenters. The molecule has 0 saturated carbocycles. The highest BCUT2D eigenvalue weighted by molar-refractivity contribution is 6.01. The molecule has 0 bridgehead atoms. The van der Waals surface area contributed by atoms with Gasteiger partial charge in [0.2, 0.25) is 17.7 Å². The van der Waals surface area contributed by atoms with Crippen molar-refractivity contribution >= 4 is 23.4 Å². The predicted molar refractivity (Wildman–Crippen MR) is 99.9 cm³/mol. The average molecular weight is 357 g/mol. The minimum Gasteiger partial charge on any atom is -0.341 e. The first-order chi connectivity index (χ1) is 12.5. The number of benzene rings is 1. The third kappa shape index (κ3) is 3.89. The molecule has 1 fully saturated rings. The number of fused-ring (bicyclic) bond motifs is 1. The van der Waals surface area contributed by atoms with Gasteiger partial charge < -0.3 is 14.7 Å². The average Bonchev–Trinajstić information content (AvgIpc) is 2.80. The second kappa shape index (κ2) is 7.89. The highest BCUT2D eigenvalue weighted by Crippen LogP contribution is 2.28. The van der Waals surface area contributed by atoms with Crippen LogP contribution in [0.2, 0.25) is 0 Å². The van der Waals surface area contributed by atoms with Gasteiger partial charge in [-0.15, -0.1) is 0 Å². The number of hydrogen-bond acceptors (Lipinski definition) is 3. The van der Waals surface area contributed by atoms with Crippen LogP contribution >= 0.6 is 0 Å². The van der Waals surface area contributed by atoms with Gasteiger partial charge in [0.25, 0.3) is 0 Å². The van der Waals surface area contributed by atoms with E-state index in [9.17, 15) is 14.4 Å². The SMILES string of the molecule is CCCC(=O)N1CCCN(C(=O)Cc2ccc3c(c2)CC(=O)N3C)CC1. The van der Waals surface area contributed by atoms with Crippen LogP contribution in [0, 0.1) is 0 Å². The van der Waals surface area contributed by atoms with Crippen molar-refractivity contribution in [1.82, 2.24) is 9.80 Å². The van der Waals surface area contributed by atoms with Crippen molar-refractivity contribution in [3.8, 4) is 0 Å². The van der Waals surface area contributed by atoms with Gasteiger partial charge in [0.1, 0.15) is 0 Å². The fraction of sp³-hybridized carbons (Fsp3) is 0.550. The fourth-order valence-corrected chi connectivity index (χ4v) is 3.71. The molecule has 0 aromatic heterocycles. The Labute approximate surface area is 154 Å². The van der Waals surface area contributed by atoms with E-state index >= 15 is 0 Å². The predicted octanol–water partition coefficient (Wildman–Crippen LogP) is 1.61. The van der Waals surface area contributed by atoms with E-state index in [0.717, 1.165) is 36.2 Å². The first kappa shape index (κ1) is 18.4. The van der Waals surface area contributed by atoms with Gasteiger partial charge >= 0.3 is 0 Å². The first-order valence-electron chi connectivity index (χ1n) is 9.43. The van der Waals surface area contributed by atoms with Gasteiger partial charge in [-0.2, -0.15) is 0 Å². The zero-order valence-electron chi connectivity index (χ0n) is 15.7. The summed E-state index contributed by atoms with van der Waals surface area (Å²) in [5.74, 6) is 0.370. The van der Waals surface area contributed by atoms with Crippen LogP contribution in [0.3, 0.4) is 0 Å². The Balaban J connectivity index is 1.60. The van der Waals surface area contributed by atoms with Gasteiger partial charge in [0.15, 0.2) is 0 Å². The van der Waals surface area contributed by atoms with Crippen LogP contribution in [0.15, 0.2) is 18.2 Å². The quantitative estimate of drug-likeness (QED) is 0.822. The van der Waals surface area contributed by atoms with E-state index in [1.54, 1.807) is 11.9 Å². The summed E-state index contributed by atoms with van der Waals surface area (Å²) in [6, 6.07) is 5.83. The van der Waals surface area contributed by atoms with Crippen molar-refractivity contribution in [2.24, 2.45) is 0 Å². The molecule has 26 heavy (non-hydrogen) atoms. The minimum atomic E-state index is 0.0902. The molecule has 2 heterocycles. The van der Waals surface area contributed by atoms with Crippen LogP contribution < -0.4 is 4.90 Å². The van der Waals surface area contributed by atoms with Crippen LogP contribution in [0.5, 0.6) is 0 Å². The second-order valence-corrected chi connectivity index (χ2v) is 7.13. The molecule has 0 radical (unpaired) electrons. The van der Waals surface area contributed by atoms with Crippen molar-refractivity contribution in [3.63, 3.8) is 0 Å². The zero-order chi connectivity index (χ0) is 18.7. The molecule has 0 spiro atoms. The third-order valence-electron chi connectivity index (χ3n) is 5.24. The number of carbonyl (C=O) groups is 3. The summed E-state index contributed by atoms with van der Waals surface area (Å²) >= 11 is 0. The number of amides is 3. The summed E-state index contributed by atoms with van der Waals surface area (Å²) in [7, 11) is 1.78. The van der Waals surface area contributed by atoms with E-state index in [1.807, 2.05) is 34.9 Å². The molecule has 0 aliphatic carbocycles. The molecule has 3 rings (SSSR count). The maximum Gasteiger partial charge on any atom is 0.231 e. The fourth-order valence-electron chi connectivity index (χ4n) is 3.71. The van der Waals surface area contributed by atoms with Crippen molar-refractivity contribution < 1.29 is 14.4 Å². The molecular formula is C20H27N3O3. The van der Waals surface area contributed by atoms with Crippen LogP contribution in [0.4, 0.5) is 5.69 Å². The Bertz CT molecular complexity index is 716. The van der Waals surface area contributed by atoms with Gasteiger partial charge in [-0.25, -0.2) is 0 Å². The molecule has 6 nitrogen and oxygen atoms in total. The maximum absolute atomic E-state index is 12.7. The summed E-state index contributed by atoms with van der Waals surface area (Å²) in [4.78, 5) is 42.0. The number of likely N-dealkylation sites (N-methyl/N-ethyl adjacent to an activating group) is 1. The molecule has 1 aromatic rings. The molecule has 6 heteroatoms. The normalized spacial score (nSPS) is 17.3. The summed E-state index contributed by atoms with van der Waals surface area (Å²) in [5, 5.41) is 0.